The quantitative estimate of drug-likeness (QED) is 0.613. The Hall–Kier alpha value is -1.82. The van der Waals surface area contributed by atoms with Gasteiger partial charge in [0, 0.05) is 30.8 Å². The van der Waals surface area contributed by atoms with Gasteiger partial charge in [0.1, 0.15) is 11.4 Å². The highest BCUT2D eigenvalue weighted by atomic mass is 16.6. The fourth-order valence-corrected chi connectivity index (χ4v) is 2.19. The van der Waals surface area contributed by atoms with Crippen LogP contribution in [0.25, 0.3) is 0 Å². The van der Waals surface area contributed by atoms with E-state index in [1.807, 2.05) is 0 Å². The van der Waals surface area contributed by atoms with E-state index >= 15 is 0 Å². The van der Waals surface area contributed by atoms with Crippen LogP contribution < -0.4 is 10.1 Å². The van der Waals surface area contributed by atoms with Gasteiger partial charge in [0.05, 0.1) is 12.0 Å². The summed E-state index contributed by atoms with van der Waals surface area (Å²) in [5.41, 5.74) is 0.581. The second-order valence-electron chi connectivity index (χ2n) is 5.27. The van der Waals surface area contributed by atoms with E-state index < -0.39 is 0 Å². The number of rotatable bonds is 7. The molecular weight excluding hydrogens is 258 g/mol. The topological polar surface area (TPSA) is 67.6 Å². The van der Waals surface area contributed by atoms with Crippen molar-refractivity contribution in [3.05, 3.63) is 28.3 Å². The first-order valence-electron chi connectivity index (χ1n) is 6.81. The van der Waals surface area contributed by atoms with Gasteiger partial charge >= 0.3 is 0 Å². The molecule has 20 heavy (non-hydrogen) atoms. The van der Waals surface area contributed by atoms with Gasteiger partial charge in [-0.2, -0.15) is 0 Å². The third kappa shape index (κ3) is 3.39. The molecule has 1 atom stereocenters. The maximum Gasteiger partial charge on any atom is 0.292 e. The van der Waals surface area contributed by atoms with Gasteiger partial charge in [-0.1, -0.05) is 0 Å². The molecule has 1 N–H and O–H groups in total. The maximum absolute atomic E-state index is 11.0. The molecule has 0 spiro atoms. The number of hydrogen-bond donors (Lipinski definition) is 1. The first-order chi connectivity index (χ1) is 9.52. The number of nitro benzene ring substituents is 1. The molecular formula is C14H21N3O3. The number of nitrogens with one attached hydrogen (secondary N) is 1. The molecule has 0 radical (unpaired) electrons. The minimum atomic E-state index is -0.378. The molecule has 6 nitrogen and oxygen atoms in total. The fraction of sp³-hybridized carbons (Fsp3) is 0.571. The summed E-state index contributed by atoms with van der Waals surface area (Å²) < 4.78 is 5.12. The predicted octanol–water partition coefficient (Wildman–Crippen LogP) is 2.50. The van der Waals surface area contributed by atoms with E-state index in [0.717, 1.165) is 0 Å². The minimum Gasteiger partial charge on any atom is -0.497 e. The van der Waals surface area contributed by atoms with Crippen LogP contribution in [0.4, 0.5) is 11.4 Å². The zero-order valence-electron chi connectivity index (χ0n) is 12.1. The van der Waals surface area contributed by atoms with Crippen molar-refractivity contribution in [2.45, 2.75) is 31.8 Å². The van der Waals surface area contributed by atoms with Crippen LogP contribution in [-0.4, -0.2) is 42.6 Å². The van der Waals surface area contributed by atoms with Crippen molar-refractivity contribution in [1.29, 1.82) is 0 Å². The highest BCUT2D eigenvalue weighted by Gasteiger charge is 2.29. The Morgan fingerprint density at radius 2 is 2.25 bits per heavy atom. The first-order valence-corrected chi connectivity index (χ1v) is 6.81. The molecule has 1 saturated carbocycles. The summed E-state index contributed by atoms with van der Waals surface area (Å²) in [6, 6.07) is 5.74. The van der Waals surface area contributed by atoms with E-state index in [4.69, 9.17) is 4.74 Å². The van der Waals surface area contributed by atoms with Crippen molar-refractivity contribution in [2.24, 2.45) is 0 Å². The molecule has 0 aromatic heterocycles. The van der Waals surface area contributed by atoms with Crippen molar-refractivity contribution in [2.75, 3.05) is 26.0 Å². The molecule has 0 amide bonds. The van der Waals surface area contributed by atoms with Crippen LogP contribution in [0.5, 0.6) is 5.75 Å². The van der Waals surface area contributed by atoms with Crippen molar-refractivity contribution < 1.29 is 9.66 Å². The van der Waals surface area contributed by atoms with E-state index in [1.165, 1.54) is 18.9 Å². The molecule has 0 bridgehead atoms. The van der Waals surface area contributed by atoms with Gasteiger partial charge in [-0.3, -0.25) is 15.0 Å². The molecule has 1 aromatic rings. The van der Waals surface area contributed by atoms with Crippen molar-refractivity contribution in [3.63, 3.8) is 0 Å². The largest absolute Gasteiger partial charge is 0.497 e. The van der Waals surface area contributed by atoms with E-state index in [1.54, 1.807) is 19.2 Å². The van der Waals surface area contributed by atoms with Gasteiger partial charge in [0.25, 0.3) is 5.69 Å². The Labute approximate surface area is 118 Å². The summed E-state index contributed by atoms with van der Waals surface area (Å²) in [5, 5.41) is 14.2. The number of likely N-dealkylation sites (N-methyl/N-ethyl adjacent to an activating group) is 1. The Morgan fingerprint density at radius 1 is 1.55 bits per heavy atom. The molecule has 1 aromatic carbocycles. The van der Waals surface area contributed by atoms with Crippen molar-refractivity contribution in [1.82, 2.24) is 4.90 Å². The Bertz CT molecular complexity index is 489. The second kappa shape index (κ2) is 6.09. The Balaban J connectivity index is 2.04. The molecule has 0 heterocycles. The van der Waals surface area contributed by atoms with Crippen molar-refractivity contribution in [3.8, 4) is 5.75 Å². The fourth-order valence-electron chi connectivity index (χ4n) is 2.19. The zero-order chi connectivity index (χ0) is 14.7. The third-order valence-corrected chi connectivity index (χ3v) is 3.81. The molecule has 2 rings (SSSR count). The molecule has 110 valence electrons. The molecule has 1 aliphatic carbocycles. The average Bonchev–Trinajstić information content (AvgIpc) is 3.27. The van der Waals surface area contributed by atoms with E-state index in [2.05, 4.69) is 24.2 Å². The summed E-state index contributed by atoms with van der Waals surface area (Å²) in [6.07, 6.45) is 2.50. The number of ether oxygens (including phenoxy) is 1. The minimum absolute atomic E-state index is 0.0760. The van der Waals surface area contributed by atoms with Crippen molar-refractivity contribution >= 4 is 11.4 Å². The summed E-state index contributed by atoms with van der Waals surface area (Å²) in [5.74, 6) is 0.612. The van der Waals surface area contributed by atoms with Crippen LogP contribution in [0.3, 0.4) is 0 Å². The lowest BCUT2D eigenvalue weighted by Gasteiger charge is -2.25. The zero-order valence-corrected chi connectivity index (χ0v) is 12.1. The summed E-state index contributed by atoms with van der Waals surface area (Å²) in [7, 11) is 3.65. The van der Waals surface area contributed by atoms with Gasteiger partial charge < -0.3 is 10.1 Å². The van der Waals surface area contributed by atoms with Crippen LogP contribution in [-0.2, 0) is 0 Å². The normalized spacial score (nSPS) is 16.0. The molecule has 1 unspecified atom stereocenters. The maximum atomic E-state index is 11.0. The van der Waals surface area contributed by atoms with Gasteiger partial charge in [-0.25, -0.2) is 0 Å². The molecule has 0 saturated heterocycles. The Kier molecular flexibility index (Phi) is 4.44. The Morgan fingerprint density at radius 3 is 2.80 bits per heavy atom. The molecule has 1 fully saturated rings. The number of methoxy groups -OCH3 is 1. The number of nitro groups is 1. The number of benzene rings is 1. The highest BCUT2D eigenvalue weighted by Crippen LogP contribution is 2.30. The number of hydrogen-bond acceptors (Lipinski definition) is 5. The van der Waals surface area contributed by atoms with Crippen LogP contribution in [0, 0.1) is 10.1 Å². The third-order valence-electron chi connectivity index (χ3n) is 3.81. The second-order valence-corrected chi connectivity index (χ2v) is 5.27. The van der Waals surface area contributed by atoms with E-state index in [9.17, 15) is 10.1 Å². The summed E-state index contributed by atoms with van der Waals surface area (Å²) in [4.78, 5) is 13.0. The van der Waals surface area contributed by atoms with Gasteiger partial charge in [0.2, 0.25) is 0 Å². The van der Waals surface area contributed by atoms with E-state index in [-0.39, 0.29) is 10.6 Å². The SMILES string of the molecule is COc1ccc([N+](=O)[O-])c(NCC(C)N(C)C2CC2)c1. The summed E-state index contributed by atoms with van der Waals surface area (Å²) in [6.45, 7) is 2.79. The predicted molar refractivity (Wildman–Crippen MR) is 78.4 cm³/mol. The lowest BCUT2D eigenvalue weighted by Crippen LogP contribution is -2.36. The number of anilines is 1. The molecule has 6 heteroatoms. The lowest BCUT2D eigenvalue weighted by atomic mass is 10.2. The van der Waals surface area contributed by atoms with Crippen LogP contribution in [0.1, 0.15) is 19.8 Å². The van der Waals surface area contributed by atoms with Gasteiger partial charge in [-0.05, 0) is 32.9 Å². The van der Waals surface area contributed by atoms with Crippen LogP contribution in [0.2, 0.25) is 0 Å². The number of nitrogens with zero attached hydrogens (tertiary/aromatic N) is 2. The smallest absolute Gasteiger partial charge is 0.292 e. The first kappa shape index (κ1) is 14.6. The van der Waals surface area contributed by atoms with Crippen LogP contribution >= 0.6 is 0 Å². The van der Waals surface area contributed by atoms with Gasteiger partial charge in [-0.15, -0.1) is 0 Å². The standard InChI is InChI=1S/C14H21N3O3/c1-10(16(2)11-4-5-11)9-15-13-8-12(20-3)6-7-14(13)17(18)19/h6-8,10-11,15H,4-5,9H2,1-3H3. The van der Waals surface area contributed by atoms with Gasteiger partial charge in [0.15, 0.2) is 0 Å². The highest BCUT2D eigenvalue weighted by molar-refractivity contribution is 5.64. The molecule has 1 aliphatic rings. The average molecular weight is 279 g/mol. The molecule has 0 aliphatic heterocycles. The summed E-state index contributed by atoms with van der Waals surface area (Å²) >= 11 is 0. The van der Waals surface area contributed by atoms with Crippen LogP contribution in [0.15, 0.2) is 18.2 Å². The monoisotopic (exact) mass is 279 g/mol. The van der Waals surface area contributed by atoms with E-state index in [0.29, 0.717) is 30.1 Å². The lowest BCUT2D eigenvalue weighted by molar-refractivity contribution is -0.384.